The largest absolute Gasteiger partial charge is 0.343 e. The molecule has 0 aliphatic heterocycles. The number of nitrogens with one attached hydrogen (secondary N) is 1. The van der Waals surface area contributed by atoms with Crippen LogP contribution < -0.4 is 0 Å². The maximum atomic E-state index is 4.59. The topological polar surface area (TPSA) is 59.4 Å². The average molecular weight is 249 g/mol. The second-order valence-electron chi connectivity index (χ2n) is 4.49. The van der Waals surface area contributed by atoms with Crippen LogP contribution in [-0.2, 0) is 7.05 Å². The van der Waals surface area contributed by atoms with E-state index in [2.05, 4.69) is 26.0 Å². The lowest BCUT2D eigenvalue weighted by Crippen LogP contribution is -1.90. The molecule has 0 spiro atoms. The van der Waals surface area contributed by atoms with Crippen molar-refractivity contribution in [1.82, 2.24) is 24.5 Å². The first kappa shape index (κ1) is 10.3. The van der Waals surface area contributed by atoms with Crippen molar-refractivity contribution in [3.63, 3.8) is 0 Å². The van der Waals surface area contributed by atoms with Gasteiger partial charge in [0.1, 0.15) is 5.65 Å². The van der Waals surface area contributed by atoms with E-state index in [1.54, 1.807) is 6.33 Å². The zero-order valence-electron chi connectivity index (χ0n) is 10.3. The third-order valence-electron chi connectivity index (χ3n) is 3.33. The summed E-state index contributed by atoms with van der Waals surface area (Å²) < 4.78 is 2.01. The van der Waals surface area contributed by atoms with Gasteiger partial charge in [0.15, 0.2) is 5.65 Å². The molecule has 0 saturated heterocycles. The molecule has 4 aromatic heterocycles. The highest BCUT2D eigenvalue weighted by Gasteiger charge is 2.09. The Morgan fingerprint density at radius 2 is 2.05 bits per heavy atom. The number of imidazole rings is 1. The first-order valence-electron chi connectivity index (χ1n) is 6.03. The Morgan fingerprint density at radius 3 is 3.00 bits per heavy atom. The van der Waals surface area contributed by atoms with Crippen molar-refractivity contribution in [2.75, 3.05) is 0 Å². The Bertz CT molecular complexity index is 887. The molecule has 0 aromatic carbocycles. The molecule has 5 nitrogen and oxygen atoms in total. The summed E-state index contributed by atoms with van der Waals surface area (Å²) in [5, 5.41) is 1.10. The lowest BCUT2D eigenvalue weighted by Gasteiger charge is -2.03. The Labute approximate surface area is 109 Å². The Hall–Kier alpha value is -2.69. The van der Waals surface area contributed by atoms with E-state index >= 15 is 0 Å². The molecule has 92 valence electrons. The lowest BCUT2D eigenvalue weighted by molar-refractivity contribution is 0.948. The van der Waals surface area contributed by atoms with Gasteiger partial charge >= 0.3 is 0 Å². The molecule has 0 aliphatic carbocycles. The van der Waals surface area contributed by atoms with Gasteiger partial charge in [0.2, 0.25) is 0 Å². The Kier molecular flexibility index (Phi) is 1.97. The van der Waals surface area contributed by atoms with E-state index in [0.29, 0.717) is 0 Å². The molecule has 4 aromatic rings. The van der Waals surface area contributed by atoms with Gasteiger partial charge in [-0.2, -0.15) is 0 Å². The summed E-state index contributed by atoms with van der Waals surface area (Å²) in [4.78, 5) is 16.2. The molecule has 19 heavy (non-hydrogen) atoms. The normalized spacial score (nSPS) is 11.4. The Morgan fingerprint density at radius 1 is 1.11 bits per heavy atom. The van der Waals surface area contributed by atoms with Crippen LogP contribution in [-0.4, -0.2) is 24.5 Å². The van der Waals surface area contributed by atoms with Gasteiger partial charge in [-0.3, -0.25) is 0 Å². The molecule has 0 atom stereocenters. The highest BCUT2D eigenvalue weighted by molar-refractivity contribution is 5.93. The van der Waals surface area contributed by atoms with Gasteiger partial charge in [-0.25, -0.2) is 15.0 Å². The third-order valence-corrected chi connectivity index (χ3v) is 3.33. The van der Waals surface area contributed by atoms with Crippen molar-refractivity contribution in [1.29, 1.82) is 0 Å². The number of hydrogen-bond acceptors (Lipinski definition) is 3. The molecule has 5 heteroatoms. The van der Waals surface area contributed by atoms with Crippen LogP contribution in [0.15, 0.2) is 43.0 Å². The minimum atomic E-state index is 0.735. The summed E-state index contributed by atoms with van der Waals surface area (Å²) in [5.41, 5.74) is 4.63. The molecule has 0 fully saturated rings. The van der Waals surface area contributed by atoms with Crippen LogP contribution in [0.3, 0.4) is 0 Å². The van der Waals surface area contributed by atoms with Gasteiger partial charge in [0, 0.05) is 30.4 Å². The molecule has 0 bridgehead atoms. The van der Waals surface area contributed by atoms with Crippen molar-refractivity contribution in [2.24, 2.45) is 7.05 Å². The van der Waals surface area contributed by atoms with Crippen LogP contribution in [0.5, 0.6) is 0 Å². The van der Waals surface area contributed by atoms with E-state index in [9.17, 15) is 0 Å². The zero-order chi connectivity index (χ0) is 12.8. The molecular formula is C14H11N5. The van der Waals surface area contributed by atoms with E-state index in [1.807, 2.05) is 42.2 Å². The summed E-state index contributed by atoms with van der Waals surface area (Å²) >= 11 is 0. The summed E-state index contributed by atoms with van der Waals surface area (Å²) in [6.07, 6.45) is 5.48. The van der Waals surface area contributed by atoms with Gasteiger partial charge in [-0.1, -0.05) is 0 Å². The molecule has 0 saturated carbocycles. The Balaban J connectivity index is 2.02. The van der Waals surface area contributed by atoms with Crippen LogP contribution in [0.25, 0.3) is 33.5 Å². The highest BCUT2D eigenvalue weighted by Crippen LogP contribution is 2.27. The maximum absolute atomic E-state index is 4.59. The van der Waals surface area contributed by atoms with Crippen LogP contribution in [0.1, 0.15) is 0 Å². The zero-order valence-corrected chi connectivity index (χ0v) is 10.3. The summed E-state index contributed by atoms with van der Waals surface area (Å²) in [6.45, 7) is 0. The minimum Gasteiger partial charge on any atom is -0.343 e. The van der Waals surface area contributed by atoms with Crippen LogP contribution in [0, 0.1) is 0 Å². The van der Waals surface area contributed by atoms with Crippen LogP contribution in [0.2, 0.25) is 0 Å². The summed E-state index contributed by atoms with van der Waals surface area (Å²) in [5.74, 6) is 0. The summed E-state index contributed by atoms with van der Waals surface area (Å²) in [6, 6.07) is 8.05. The van der Waals surface area contributed by atoms with E-state index in [0.717, 1.165) is 33.5 Å². The fourth-order valence-electron chi connectivity index (χ4n) is 2.36. The third kappa shape index (κ3) is 1.45. The first-order valence-corrected chi connectivity index (χ1v) is 6.03. The molecule has 0 amide bonds. The predicted octanol–water partition coefficient (Wildman–Crippen LogP) is 2.51. The second kappa shape index (κ2) is 3.65. The molecule has 0 radical (unpaired) electrons. The number of hydrogen-bond donors (Lipinski definition) is 1. The van der Waals surface area contributed by atoms with Crippen molar-refractivity contribution in [3.05, 3.63) is 43.0 Å². The number of aryl methyl sites for hydroxylation is 1. The van der Waals surface area contributed by atoms with Gasteiger partial charge in [-0.15, -0.1) is 0 Å². The number of aromatic amines is 1. The van der Waals surface area contributed by atoms with E-state index < -0.39 is 0 Å². The van der Waals surface area contributed by atoms with Gasteiger partial charge in [-0.05, 0) is 24.3 Å². The number of H-pyrrole nitrogens is 1. The smallest absolute Gasteiger partial charge is 0.177 e. The highest BCUT2D eigenvalue weighted by atomic mass is 15.0. The fourth-order valence-corrected chi connectivity index (χ4v) is 2.36. The van der Waals surface area contributed by atoms with Gasteiger partial charge < -0.3 is 9.55 Å². The standard InChI is InChI=1S/C14H11N5/c1-19-7-5-10-9(4-6-15-14(10)19)11-2-3-12-13(18-11)17-8-16-12/h2-8H,1H3,(H,16,17,18). The fraction of sp³-hybridized carbons (Fsp3) is 0.0714. The predicted molar refractivity (Wildman–Crippen MR) is 73.6 cm³/mol. The summed E-state index contributed by atoms with van der Waals surface area (Å²) in [7, 11) is 1.99. The van der Waals surface area contributed by atoms with Crippen LogP contribution >= 0.6 is 0 Å². The number of fused-ring (bicyclic) bond motifs is 2. The van der Waals surface area contributed by atoms with E-state index in [-0.39, 0.29) is 0 Å². The quantitative estimate of drug-likeness (QED) is 0.564. The molecule has 4 heterocycles. The molecule has 0 unspecified atom stereocenters. The van der Waals surface area contributed by atoms with Crippen molar-refractivity contribution >= 4 is 22.2 Å². The van der Waals surface area contributed by atoms with E-state index in [4.69, 9.17) is 0 Å². The molecule has 1 N–H and O–H groups in total. The number of rotatable bonds is 1. The SMILES string of the molecule is Cn1ccc2c(-c3ccc4[nH]cnc4n3)ccnc21. The van der Waals surface area contributed by atoms with Gasteiger partial charge in [0.05, 0.1) is 17.5 Å². The maximum Gasteiger partial charge on any atom is 0.177 e. The minimum absolute atomic E-state index is 0.735. The number of aromatic nitrogens is 5. The van der Waals surface area contributed by atoms with Crippen LogP contribution in [0.4, 0.5) is 0 Å². The lowest BCUT2D eigenvalue weighted by atomic mass is 10.1. The van der Waals surface area contributed by atoms with Gasteiger partial charge in [0.25, 0.3) is 0 Å². The monoisotopic (exact) mass is 249 g/mol. The number of nitrogens with zero attached hydrogens (tertiary/aromatic N) is 4. The average Bonchev–Trinajstić information content (AvgIpc) is 3.05. The van der Waals surface area contributed by atoms with Crippen molar-refractivity contribution in [2.45, 2.75) is 0 Å². The molecule has 0 aliphatic rings. The molecule has 4 rings (SSSR count). The second-order valence-corrected chi connectivity index (χ2v) is 4.49. The number of pyridine rings is 2. The molecular weight excluding hydrogens is 238 g/mol. The van der Waals surface area contributed by atoms with Crippen molar-refractivity contribution < 1.29 is 0 Å². The van der Waals surface area contributed by atoms with E-state index in [1.165, 1.54) is 0 Å². The van der Waals surface area contributed by atoms with Crippen molar-refractivity contribution in [3.8, 4) is 11.3 Å². The first-order chi connectivity index (χ1) is 9.33.